The summed E-state index contributed by atoms with van der Waals surface area (Å²) in [6, 6.07) is 3.07. The van der Waals surface area contributed by atoms with Crippen LogP contribution in [0, 0.1) is 17.1 Å². The predicted octanol–water partition coefficient (Wildman–Crippen LogP) is 3.36. The summed E-state index contributed by atoms with van der Waals surface area (Å²) in [5.74, 6) is -0.330. The van der Waals surface area contributed by atoms with Gasteiger partial charge in [-0.2, -0.15) is 5.26 Å². The number of rotatable bonds is 2. The summed E-state index contributed by atoms with van der Waals surface area (Å²) >= 11 is 6.47. The van der Waals surface area contributed by atoms with E-state index in [0.717, 1.165) is 0 Å². The van der Waals surface area contributed by atoms with E-state index in [4.69, 9.17) is 10.00 Å². The zero-order chi connectivity index (χ0) is 10.7. The summed E-state index contributed by atoms with van der Waals surface area (Å²) in [7, 11) is 1.40. The van der Waals surface area contributed by atoms with Gasteiger partial charge in [-0.3, -0.25) is 0 Å². The Morgan fingerprint density at radius 3 is 2.71 bits per heavy atom. The number of alkyl halides is 1. The first-order valence-corrected chi connectivity index (χ1v) is 5.58. The molecule has 1 aromatic carbocycles. The summed E-state index contributed by atoms with van der Waals surface area (Å²) in [6.45, 7) is 0. The van der Waals surface area contributed by atoms with Crippen LogP contribution in [0.2, 0.25) is 0 Å². The summed E-state index contributed by atoms with van der Waals surface area (Å²) in [5, 5.41) is 9.21. The number of nitrogens with zero attached hydrogens (tertiary/aromatic N) is 1. The number of ether oxygens (including phenoxy) is 1. The van der Waals surface area contributed by atoms with Crippen LogP contribution in [0.4, 0.5) is 4.39 Å². The van der Waals surface area contributed by atoms with E-state index < -0.39 is 5.82 Å². The smallest absolute Gasteiger partial charge is 0.154 e. The number of hydrogen-bond donors (Lipinski definition) is 0. The van der Waals surface area contributed by atoms with Gasteiger partial charge in [-0.15, -0.1) is 0 Å². The first kappa shape index (κ1) is 11.5. The third kappa shape index (κ3) is 1.91. The number of benzene rings is 1. The fourth-order valence-corrected chi connectivity index (χ4v) is 2.48. The van der Waals surface area contributed by atoms with Gasteiger partial charge in [-0.05, 0) is 27.6 Å². The van der Waals surface area contributed by atoms with Crippen LogP contribution in [0.3, 0.4) is 0 Å². The molecule has 1 rings (SSSR count). The van der Waals surface area contributed by atoms with E-state index in [2.05, 4.69) is 31.9 Å². The molecule has 0 heterocycles. The van der Waals surface area contributed by atoms with Gasteiger partial charge in [0.2, 0.25) is 0 Å². The van der Waals surface area contributed by atoms with Crippen molar-refractivity contribution >= 4 is 31.9 Å². The summed E-state index contributed by atoms with van der Waals surface area (Å²) in [6.07, 6.45) is 0. The van der Waals surface area contributed by atoms with Crippen molar-refractivity contribution in [3.8, 4) is 11.8 Å². The quantitative estimate of drug-likeness (QED) is 0.782. The topological polar surface area (TPSA) is 33.0 Å². The van der Waals surface area contributed by atoms with E-state index in [1.807, 2.05) is 0 Å². The molecule has 0 aliphatic carbocycles. The molecule has 0 radical (unpaired) electrons. The molecule has 0 aliphatic heterocycles. The standard InChI is InChI=1S/C9H6Br2FNO/c1-14-9-6(4-13)7(12)2-5(3-10)8(9)11/h2H,3H2,1H3. The second-order valence-electron chi connectivity index (χ2n) is 2.49. The van der Waals surface area contributed by atoms with Gasteiger partial charge >= 0.3 is 0 Å². The van der Waals surface area contributed by atoms with Crippen molar-refractivity contribution in [1.82, 2.24) is 0 Å². The van der Waals surface area contributed by atoms with Crippen LogP contribution in [-0.2, 0) is 5.33 Å². The second-order valence-corrected chi connectivity index (χ2v) is 3.84. The number of halogens is 3. The number of nitriles is 1. The van der Waals surface area contributed by atoms with Gasteiger partial charge in [0, 0.05) is 5.33 Å². The van der Waals surface area contributed by atoms with Crippen molar-refractivity contribution in [3.05, 3.63) is 27.5 Å². The molecule has 0 amide bonds. The summed E-state index contributed by atoms with van der Waals surface area (Å²) in [4.78, 5) is 0. The number of methoxy groups -OCH3 is 1. The van der Waals surface area contributed by atoms with Crippen molar-refractivity contribution in [2.45, 2.75) is 5.33 Å². The van der Waals surface area contributed by atoms with Gasteiger partial charge in [0.15, 0.2) is 5.75 Å². The van der Waals surface area contributed by atoms with Crippen LogP contribution in [0.15, 0.2) is 10.5 Å². The molecule has 0 spiro atoms. The van der Waals surface area contributed by atoms with Gasteiger partial charge in [0.05, 0.1) is 11.6 Å². The third-order valence-corrected chi connectivity index (χ3v) is 3.18. The summed E-state index contributed by atoms with van der Waals surface area (Å²) < 4.78 is 18.9. The van der Waals surface area contributed by atoms with Gasteiger partial charge in [-0.1, -0.05) is 15.9 Å². The fraction of sp³-hybridized carbons (Fsp3) is 0.222. The lowest BCUT2D eigenvalue weighted by Gasteiger charge is -2.09. The predicted molar refractivity (Wildman–Crippen MR) is 58.0 cm³/mol. The Labute approximate surface area is 97.9 Å². The Balaban J connectivity index is 3.50. The fourth-order valence-electron chi connectivity index (χ4n) is 1.05. The van der Waals surface area contributed by atoms with Crippen LogP contribution < -0.4 is 4.74 Å². The van der Waals surface area contributed by atoms with Crippen molar-refractivity contribution in [3.63, 3.8) is 0 Å². The zero-order valence-electron chi connectivity index (χ0n) is 7.27. The van der Waals surface area contributed by atoms with Crippen molar-refractivity contribution in [2.24, 2.45) is 0 Å². The van der Waals surface area contributed by atoms with Gasteiger partial charge in [-0.25, -0.2) is 4.39 Å². The normalized spacial score (nSPS) is 9.64. The van der Waals surface area contributed by atoms with Gasteiger partial charge in [0.25, 0.3) is 0 Å². The van der Waals surface area contributed by atoms with E-state index in [0.29, 0.717) is 15.4 Å². The molecule has 5 heteroatoms. The van der Waals surface area contributed by atoms with Gasteiger partial charge in [0.1, 0.15) is 17.4 Å². The molecule has 0 aliphatic rings. The molecule has 14 heavy (non-hydrogen) atoms. The van der Waals surface area contributed by atoms with Crippen molar-refractivity contribution in [2.75, 3.05) is 7.11 Å². The Bertz CT molecular complexity index is 400. The van der Waals surface area contributed by atoms with E-state index in [1.165, 1.54) is 13.2 Å². The Morgan fingerprint density at radius 1 is 1.64 bits per heavy atom. The molecule has 0 saturated carbocycles. The van der Waals surface area contributed by atoms with Crippen LogP contribution in [0.25, 0.3) is 0 Å². The molecule has 0 aromatic heterocycles. The highest BCUT2D eigenvalue weighted by molar-refractivity contribution is 9.11. The first-order chi connectivity index (χ1) is 6.65. The number of hydrogen-bond acceptors (Lipinski definition) is 2. The highest BCUT2D eigenvalue weighted by Gasteiger charge is 2.16. The Morgan fingerprint density at radius 2 is 2.29 bits per heavy atom. The molecule has 0 fully saturated rings. The lowest BCUT2D eigenvalue weighted by Crippen LogP contribution is -1.96. The highest BCUT2D eigenvalue weighted by atomic mass is 79.9. The molecule has 0 saturated heterocycles. The maximum Gasteiger partial charge on any atom is 0.154 e. The molecular formula is C9H6Br2FNO. The maximum absolute atomic E-state index is 13.3. The molecule has 0 bridgehead atoms. The zero-order valence-corrected chi connectivity index (χ0v) is 10.4. The van der Waals surface area contributed by atoms with Crippen molar-refractivity contribution < 1.29 is 9.13 Å². The highest BCUT2D eigenvalue weighted by Crippen LogP contribution is 2.34. The molecule has 0 N–H and O–H groups in total. The first-order valence-electron chi connectivity index (χ1n) is 3.66. The molecule has 0 unspecified atom stereocenters. The Hall–Kier alpha value is -0.600. The minimum Gasteiger partial charge on any atom is -0.494 e. The molecule has 1 aromatic rings. The Kier molecular flexibility index (Phi) is 3.90. The van der Waals surface area contributed by atoms with E-state index in [9.17, 15) is 4.39 Å². The average molecular weight is 323 g/mol. The maximum atomic E-state index is 13.3. The van der Waals surface area contributed by atoms with Crippen LogP contribution in [0.1, 0.15) is 11.1 Å². The molecular weight excluding hydrogens is 317 g/mol. The minimum absolute atomic E-state index is 0.0796. The lowest BCUT2D eigenvalue weighted by atomic mass is 10.1. The third-order valence-electron chi connectivity index (χ3n) is 1.71. The van der Waals surface area contributed by atoms with Crippen molar-refractivity contribution in [1.29, 1.82) is 5.26 Å². The summed E-state index contributed by atoms with van der Waals surface area (Å²) in [5.41, 5.74) is 0.627. The minimum atomic E-state index is -0.568. The molecule has 2 nitrogen and oxygen atoms in total. The van der Waals surface area contributed by atoms with Crippen LogP contribution >= 0.6 is 31.9 Å². The second kappa shape index (κ2) is 4.76. The average Bonchev–Trinajstić information content (AvgIpc) is 2.20. The van der Waals surface area contributed by atoms with Crippen LogP contribution in [-0.4, -0.2) is 7.11 Å². The molecule has 0 atom stereocenters. The van der Waals surface area contributed by atoms with E-state index in [-0.39, 0.29) is 11.3 Å². The van der Waals surface area contributed by atoms with Gasteiger partial charge < -0.3 is 4.74 Å². The largest absolute Gasteiger partial charge is 0.494 e. The van der Waals surface area contributed by atoms with E-state index >= 15 is 0 Å². The van der Waals surface area contributed by atoms with E-state index in [1.54, 1.807) is 6.07 Å². The van der Waals surface area contributed by atoms with Crippen LogP contribution in [0.5, 0.6) is 5.75 Å². The molecule has 74 valence electrons. The monoisotopic (exact) mass is 321 g/mol. The lowest BCUT2D eigenvalue weighted by molar-refractivity contribution is 0.406. The SMILES string of the molecule is COc1c(Br)c(CBr)cc(F)c1C#N.